The minimum Gasteiger partial charge on any atom is -0.382 e. The summed E-state index contributed by atoms with van der Waals surface area (Å²) in [6, 6.07) is 0. The number of halogens is 1. The molecule has 0 heterocycles. The summed E-state index contributed by atoms with van der Waals surface area (Å²) in [5, 5.41) is 2.64. The molecule has 0 unspecified atom stereocenters. The summed E-state index contributed by atoms with van der Waals surface area (Å²) >= 11 is 5.76. The molecular weight excluding hydrogens is 324 g/mol. The van der Waals surface area contributed by atoms with Crippen LogP contribution >= 0.6 is 11.6 Å². The molecule has 0 N–H and O–H groups in total. The van der Waals surface area contributed by atoms with Gasteiger partial charge in [0.25, 0.3) is 5.97 Å². The fraction of sp³-hybridized carbons (Fsp3) is 0.692. The first-order valence-electron chi connectivity index (χ1n) is 7.16. The van der Waals surface area contributed by atoms with Gasteiger partial charge in [-0.25, -0.2) is 0 Å². The molecule has 0 radical (unpaired) electrons. The van der Waals surface area contributed by atoms with Crippen LogP contribution in [-0.4, -0.2) is 41.9 Å². The molecule has 0 amide bonds. The first kappa shape index (κ1) is 20.3. The second-order valence-corrected chi connectivity index (χ2v) is 9.05. The van der Waals surface area contributed by atoms with Gasteiger partial charge in [0.2, 0.25) is 0 Å². The zero-order valence-corrected chi connectivity index (χ0v) is 19.1. The number of unbranched alkanes of at least 4 members (excludes halogenated alkanes) is 1. The zero-order valence-electron chi connectivity index (χ0n) is 13.5. The van der Waals surface area contributed by atoms with Gasteiger partial charge in [0.15, 0.2) is 30.0 Å². The number of hydrogen-bond donors (Lipinski definition) is 0. The first-order valence-corrected chi connectivity index (χ1v) is 11.1. The lowest BCUT2D eigenvalue weighted by molar-refractivity contribution is -0.257. The Hall–Kier alpha value is 0.301. The Bertz CT molecular complexity index is 300. The molecule has 0 bridgehead atoms. The van der Waals surface area contributed by atoms with Crippen molar-refractivity contribution in [2.75, 3.05) is 5.88 Å². The van der Waals surface area contributed by atoms with Crippen molar-refractivity contribution in [3.63, 3.8) is 0 Å². The van der Waals surface area contributed by atoms with E-state index in [-0.39, 0.29) is 0 Å². The van der Waals surface area contributed by atoms with Gasteiger partial charge in [-0.15, -0.1) is 11.6 Å². The van der Waals surface area contributed by atoms with Gasteiger partial charge in [-0.3, -0.25) is 0 Å². The third-order valence-electron chi connectivity index (χ3n) is 3.20. The van der Waals surface area contributed by atoms with Crippen LogP contribution in [0.5, 0.6) is 0 Å². The van der Waals surface area contributed by atoms with Crippen molar-refractivity contribution in [1.82, 2.24) is 0 Å². The van der Waals surface area contributed by atoms with Crippen LogP contribution in [0.1, 0.15) is 47.0 Å². The van der Waals surface area contributed by atoms with E-state index in [9.17, 15) is 0 Å². The molecule has 0 saturated heterocycles. The fourth-order valence-electron chi connectivity index (χ4n) is 1.46. The van der Waals surface area contributed by atoms with Gasteiger partial charge >= 0.3 is 0 Å². The van der Waals surface area contributed by atoms with Gasteiger partial charge in [0.1, 0.15) is 0 Å². The van der Waals surface area contributed by atoms with Crippen LogP contribution in [0.4, 0.5) is 0 Å². The van der Waals surface area contributed by atoms with Gasteiger partial charge in [-0.2, -0.15) is 0 Å². The highest BCUT2D eigenvalue weighted by Crippen LogP contribution is 2.22. The number of hydrogen-bond acceptors (Lipinski definition) is 3. The third kappa shape index (κ3) is 8.56. The van der Waals surface area contributed by atoms with E-state index in [2.05, 4.69) is 26.0 Å². The fourth-order valence-corrected chi connectivity index (χ4v) is 4.64. The Kier molecular flexibility index (Phi) is 12.1. The van der Waals surface area contributed by atoms with Crippen LogP contribution in [0.15, 0.2) is 22.5 Å². The topological polar surface area (TPSA) is 27.7 Å². The van der Waals surface area contributed by atoms with Gasteiger partial charge in [-0.05, 0) is 40.5 Å². The number of rotatable bonds is 11. The smallest absolute Gasteiger partial charge is 0.253 e. The van der Waals surface area contributed by atoms with Gasteiger partial charge < -0.3 is 13.3 Å². The average molecular weight is 353 g/mol. The van der Waals surface area contributed by atoms with Crippen LogP contribution in [0, 0.1) is 0 Å². The van der Waals surface area contributed by atoms with Crippen molar-refractivity contribution in [1.29, 1.82) is 0 Å². The van der Waals surface area contributed by atoms with Crippen molar-refractivity contribution >= 4 is 41.6 Å². The molecule has 0 fully saturated rings. The Morgan fingerprint density at radius 1 is 1.10 bits per heavy atom. The molecule has 0 rings (SSSR count). The number of alkyl halides is 1. The van der Waals surface area contributed by atoms with E-state index in [1.165, 1.54) is 10.4 Å². The van der Waals surface area contributed by atoms with E-state index in [1.54, 1.807) is 0 Å². The summed E-state index contributed by atoms with van der Waals surface area (Å²) in [6.07, 6.45) is 6.93. The van der Waals surface area contributed by atoms with E-state index < -0.39 is 25.5 Å². The summed E-state index contributed by atoms with van der Waals surface area (Å²) in [6.45, 7) is 8.30. The molecule has 0 aromatic heterocycles. The molecule has 0 aliphatic heterocycles. The maximum atomic E-state index is 6.10. The van der Waals surface area contributed by atoms with E-state index in [4.69, 9.17) is 24.9 Å². The van der Waals surface area contributed by atoms with Crippen molar-refractivity contribution in [3.05, 3.63) is 22.5 Å². The lowest BCUT2D eigenvalue weighted by Gasteiger charge is -2.34. The summed E-state index contributed by atoms with van der Waals surface area (Å²) in [5.41, 5.74) is 0. The Morgan fingerprint density at radius 2 is 1.60 bits per heavy atom. The van der Waals surface area contributed by atoms with Crippen LogP contribution in [0.3, 0.4) is 0 Å². The Balaban J connectivity index is 4.67. The molecule has 118 valence electrons. The highest BCUT2D eigenvalue weighted by molar-refractivity contribution is 6.39. The lowest BCUT2D eigenvalue weighted by Crippen LogP contribution is -2.41. The van der Waals surface area contributed by atoms with Crippen molar-refractivity contribution in [2.45, 2.75) is 52.9 Å². The maximum Gasteiger partial charge on any atom is 0.253 e. The quantitative estimate of drug-likeness (QED) is 0.243. The second-order valence-electron chi connectivity index (χ2n) is 4.88. The predicted molar refractivity (Wildman–Crippen MR) is 96.4 cm³/mol. The molecule has 0 aromatic rings. The minimum atomic E-state index is -0.800. The molecule has 0 spiro atoms. The summed E-state index contributed by atoms with van der Waals surface area (Å²) in [4.78, 5) is 0. The Labute approximate surface area is 136 Å². The van der Waals surface area contributed by atoms with Gasteiger partial charge in [0, 0.05) is 12.3 Å². The van der Waals surface area contributed by atoms with E-state index in [1.807, 2.05) is 13.8 Å². The van der Waals surface area contributed by atoms with Gasteiger partial charge in [-0.1, -0.05) is 22.5 Å². The second kappa shape index (κ2) is 11.9. The summed E-state index contributed by atoms with van der Waals surface area (Å²) < 4.78 is 17.9. The average Bonchev–Trinajstić information content (AvgIpc) is 2.49. The standard InChI is InChI=1S/C13H29ClO3Si3/c1-5-11(3)19-16-13(15-18,9-7-8-10-14)17-20-12(4)6-2/h5-6H,7-10,19-20H2,1-4,18H3. The van der Waals surface area contributed by atoms with Crippen molar-refractivity contribution in [2.24, 2.45) is 0 Å². The van der Waals surface area contributed by atoms with Crippen LogP contribution in [0.25, 0.3) is 0 Å². The highest BCUT2D eigenvalue weighted by atomic mass is 35.5. The number of allylic oxidation sites excluding steroid dienone is 4. The summed E-state index contributed by atoms with van der Waals surface area (Å²) in [7, 11) is -0.913. The summed E-state index contributed by atoms with van der Waals surface area (Å²) in [5.74, 6) is -0.126. The first-order chi connectivity index (χ1) is 9.53. The van der Waals surface area contributed by atoms with Crippen LogP contribution < -0.4 is 0 Å². The SMILES string of the molecule is CC=C(C)[SiH2]OC(CCCCCl)(O[SiH3])O[SiH2]C(C)=CC. The molecule has 3 nitrogen and oxygen atoms in total. The third-order valence-corrected chi connectivity index (χ3v) is 6.99. The Morgan fingerprint density at radius 3 is 1.95 bits per heavy atom. The minimum absolute atomic E-state index is 0.610. The largest absolute Gasteiger partial charge is 0.382 e. The van der Waals surface area contributed by atoms with E-state index in [0.717, 1.165) is 19.3 Å². The van der Waals surface area contributed by atoms with Crippen LogP contribution in [0.2, 0.25) is 0 Å². The van der Waals surface area contributed by atoms with Crippen LogP contribution in [-0.2, 0) is 13.3 Å². The molecule has 0 aliphatic rings. The van der Waals surface area contributed by atoms with Crippen molar-refractivity contribution < 1.29 is 13.3 Å². The zero-order chi connectivity index (χ0) is 15.4. The lowest BCUT2D eigenvalue weighted by atomic mass is 10.2. The van der Waals surface area contributed by atoms with E-state index in [0.29, 0.717) is 16.4 Å². The predicted octanol–water partition coefficient (Wildman–Crippen LogP) is 1.39. The normalized spacial score (nSPS) is 17.6. The van der Waals surface area contributed by atoms with E-state index >= 15 is 0 Å². The maximum absolute atomic E-state index is 6.10. The molecule has 7 heteroatoms. The monoisotopic (exact) mass is 352 g/mol. The molecule has 0 saturated carbocycles. The van der Waals surface area contributed by atoms with Crippen molar-refractivity contribution in [3.8, 4) is 0 Å². The highest BCUT2D eigenvalue weighted by Gasteiger charge is 2.30. The molecular formula is C13H29ClO3Si3. The van der Waals surface area contributed by atoms with Gasteiger partial charge in [0.05, 0.1) is 0 Å². The molecule has 0 aliphatic carbocycles. The molecule has 0 aromatic carbocycles. The molecule has 20 heavy (non-hydrogen) atoms. The molecule has 0 atom stereocenters.